The number of likely N-dealkylation sites (tertiary alicyclic amines) is 1. The Balaban J connectivity index is 1.83. The number of nitrogens with zero attached hydrogens (tertiary/aromatic N) is 2. The minimum Gasteiger partial charge on any atom is -0.389 e. The van der Waals surface area contributed by atoms with Crippen molar-refractivity contribution in [1.82, 2.24) is 9.88 Å². The van der Waals surface area contributed by atoms with E-state index in [0.29, 0.717) is 50.5 Å². The van der Waals surface area contributed by atoms with Gasteiger partial charge in [-0.3, -0.25) is 4.79 Å². The van der Waals surface area contributed by atoms with Crippen molar-refractivity contribution in [2.75, 3.05) is 32.5 Å². The molecule has 0 saturated carbocycles. The number of aliphatic hydroxyl groups is 1. The number of thiazole rings is 1. The molecule has 124 valence electrons. The van der Waals surface area contributed by atoms with Gasteiger partial charge in [0.25, 0.3) is 0 Å². The van der Waals surface area contributed by atoms with Gasteiger partial charge in [0.2, 0.25) is 5.91 Å². The monoisotopic (exact) mass is 327 g/mol. The van der Waals surface area contributed by atoms with E-state index in [2.05, 4.69) is 4.98 Å². The molecule has 1 aromatic heterocycles. The highest BCUT2D eigenvalue weighted by Gasteiger charge is 2.39. The molecule has 2 rings (SSSR count). The Labute approximate surface area is 135 Å². The van der Waals surface area contributed by atoms with Gasteiger partial charge in [-0.25, -0.2) is 4.98 Å². The number of anilines is 1. The zero-order chi connectivity index (χ0) is 16.2. The standard InChI is InChI=1S/C15H25N3O3S/c1-11-9-18(7-5-15(11,20)6-8-21-2)13(19)4-3-12-10-22-14(16)17-12/h10-11,20H,3-9H2,1-2H3,(H2,16,17)/t11-,15-/m1/s1. The number of aromatic nitrogens is 1. The molecule has 3 N–H and O–H groups in total. The fraction of sp³-hybridized carbons (Fsp3) is 0.733. The summed E-state index contributed by atoms with van der Waals surface area (Å²) >= 11 is 1.40. The van der Waals surface area contributed by atoms with Crippen LogP contribution in [0.15, 0.2) is 5.38 Å². The van der Waals surface area contributed by atoms with Gasteiger partial charge in [-0.1, -0.05) is 6.92 Å². The molecule has 0 unspecified atom stereocenters. The fourth-order valence-corrected chi connectivity index (χ4v) is 3.47. The van der Waals surface area contributed by atoms with Gasteiger partial charge in [-0.05, 0) is 19.3 Å². The number of piperidine rings is 1. The number of nitrogen functional groups attached to an aromatic ring is 1. The van der Waals surface area contributed by atoms with Crippen molar-refractivity contribution in [3.05, 3.63) is 11.1 Å². The summed E-state index contributed by atoms with van der Waals surface area (Å²) in [7, 11) is 1.64. The van der Waals surface area contributed by atoms with Crippen LogP contribution in [0.3, 0.4) is 0 Å². The zero-order valence-corrected chi connectivity index (χ0v) is 14.1. The number of carbonyl (C=O) groups is 1. The quantitative estimate of drug-likeness (QED) is 0.822. The topological polar surface area (TPSA) is 88.7 Å². The molecule has 2 atom stereocenters. The number of hydrogen-bond acceptors (Lipinski definition) is 6. The Hall–Kier alpha value is -1.18. The molecule has 1 amide bonds. The van der Waals surface area contributed by atoms with Crippen LogP contribution in [-0.2, 0) is 16.0 Å². The van der Waals surface area contributed by atoms with Crippen LogP contribution in [0.25, 0.3) is 0 Å². The molecule has 0 radical (unpaired) electrons. The maximum absolute atomic E-state index is 12.3. The summed E-state index contributed by atoms with van der Waals surface area (Å²) in [5.74, 6) is 0.169. The maximum atomic E-state index is 12.3. The number of methoxy groups -OCH3 is 1. The van der Waals surface area contributed by atoms with Gasteiger partial charge >= 0.3 is 0 Å². The van der Waals surface area contributed by atoms with Crippen molar-refractivity contribution in [2.45, 2.75) is 38.2 Å². The Bertz CT molecular complexity index is 508. The van der Waals surface area contributed by atoms with Gasteiger partial charge in [0, 0.05) is 44.5 Å². The van der Waals surface area contributed by atoms with E-state index in [1.54, 1.807) is 7.11 Å². The summed E-state index contributed by atoms with van der Waals surface area (Å²) in [6.45, 7) is 3.73. The summed E-state index contributed by atoms with van der Waals surface area (Å²) < 4.78 is 5.07. The summed E-state index contributed by atoms with van der Waals surface area (Å²) in [5.41, 5.74) is 5.74. The number of rotatable bonds is 6. The summed E-state index contributed by atoms with van der Waals surface area (Å²) in [4.78, 5) is 18.3. The molecule has 1 aliphatic rings. The lowest BCUT2D eigenvalue weighted by Gasteiger charge is -2.43. The minimum absolute atomic E-state index is 0.0512. The molecule has 1 saturated heterocycles. The van der Waals surface area contributed by atoms with E-state index in [1.807, 2.05) is 17.2 Å². The average Bonchev–Trinajstić information content (AvgIpc) is 2.91. The van der Waals surface area contributed by atoms with Crippen LogP contribution in [-0.4, -0.2) is 53.3 Å². The average molecular weight is 327 g/mol. The van der Waals surface area contributed by atoms with Crippen molar-refractivity contribution >= 4 is 22.4 Å². The first-order chi connectivity index (χ1) is 10.4. The molecular weight excluding hydrogens is 302 g/mol. The Kier molecular flexibility index (Phi) is 5.77. The number of hydrogen-bond donors (Lipinski definition) is 2. The first kappa shape index (κ1) is 17.2. The van der Waals surface area contributed by atoms with Gasteiger partial charge < -0.3 is 20.5 Å². The normalized spacial score (nSPS) is 25.4. The zero-order valence-electron chi connectivity index (χ0n) is 13.2. The molecule has 7 heteroatoms. The molecule has 0 aliphatic carbocycles. The predicted octanol–water partition coefficient (Wildman–Crippen LogP) is 1.29. The van der Waals surface area contributed by atoms with Crippen molar-refractivity contribution < 1.29 is 14.6 Å². The second kappa shape index (κ2) is 7.39. The lowest BCUT2D eigenvalue weighted by atomic mass is 9.80. The van der Waals surface area contributed by atoms with Crippen molar-refractivity contribution in [3.8, 4) is 0 Å². The number of nitrogens with two attached hydrogens (primary N) is 1. The molecule has 1 fully saturated rings. The molecule has 22 heavy (non-hydrogen) atoms. The van der Waals surface area contributed by atoms with Crippen LogP contribution in [0.1, 0.15) is 31.9 Å². The molecule has 1 aliphatic heterocycles. The maximum Gasteiger partial charge on any atom is 0.222 e. The molecular formula is C15H25N3O3S. The van der Waals surface area contributed by atoms with Crippen molar-refractivity contribution in [2.24, 2.45) is 5.92 Å². The summed E-state index contributed by atoms with van der Waals surface area (Å²) in [5, 5.41) is 13.1. The van der Waals surface area contributed by atoms with Crippen LogP contribution in [0.5, 0.6) is 0 Å². The van der Waals surface area contributed by atoms with E-state index in [1.165, 1.54) is 11.3 Å². The minimum atomic E-state index is -0.726. The molecule has 0 aromatic carbocycles. The van der Waals surface area contributed by atoms with Gasteiger partial charge in [0.15, 0.2) is 5.13 Å². The fourth-order valence-electron chi connectivity index (χ4n) is 2.87. The highest BCUT2D eigenvalue weighted by Crippen LogP contribution is 2.31. The molecule has 0 spiro atoms. The van der Waals surface area contributed by atoms with Crippen LogP contribution < -0.4 is 5.73 Å². The summed E-state index contributed by atoms with van der Waals surface area (Å²) in [6.07, 6.45) is 2.27. The molecule has 6 nitrogen and oxygen atoms in total. The third-order valence-electron chi connectivity index (χ3n) is 4.48. The third kappa shape index (κ3) is 4.18. The highest BCUT2D eigenvalue weighted by molar-refractivity contribution is 7.13. The second-order valence-electron chi connectivity index (χ2n) is 6.01. The second-order valence-corrected chi connectivity index (χ2v) is 6.90. The number of ether oxygens (including phenoxy) is 1. The van der Waals surface area contributed by atoms with Crippen molar-refractivity contribution in [3.63, 3.8) is 0 Å². The molecule has 2 heterocycles. The first-order valence-electron chi connectivity index (χ1n) is 7.63. The smallest absolute Gasteiger partial charge is 0.222 e. The Morgan fingerprint density at radius 2 is 2.45 bits per heavy atom. The Morgan fingerprint density at radius 1 is 1.68 bits per heavy atom. The Morgan fingerprint density at radius 3 is 3.05 bits per heavy atom. The highest BCUT2D eigenvalue weighted by atomic mass is 32.1. The van der Waals surface area contributed by atoms with Gasteiger partial charge in [0.1, 0.15) is 0 Å². The van der Waals surface area contributed by atoms with Crippen LogP contribution in [0, 0.1) is 5.92 Å². The predicted molar refractivity (Wildman–Crippen MR) is 86.7 cm³/mol. The van der Waals surface area contributed by atoms with E-state index in [-0.39, 0.29) is 11.8 Å². The number of aryl methyl sites for hydroxylation is 1. The lowest BCUT2D eigenvalue weighted by Crippen LogP contribution is -2.52. The first-order valence-corrected chi connectivity index (χ1v) is 8.51. The van der Waals surface area contributed by atoms with E-state index in [9.17, 15) is 9.90 Å². The van der Waals surface area contributed by atoms with E-state index in [0.717, 1.165) is 5.69 Å². The third-order valence-corrected chi connectivity index (χ3v) is 5.21. The largest absolute Gasteiger partial charge is 0.389 e. The van der Waals surface area contributed by atoms with Crippen LogP contribution in [0.4, 0.5) is 5.13 Å². The molecule has 0 bridgehead atoms. The molecule has 1 aromatic rings. The van der Waals surface area contributed by atoms with Crippen LogP contribution in [0.2, 0.25) is 0 Å². The van der Waals surface area contributed by atoms with Gasteiger partial charge in [0.05, 0.1) is 11.3 Å². The van der Waals surface area contributed by atoms with E-state index < -0.39 is 5.60 Å². The summed E-state index contributed by atoms with van der Waals surface area (Å²) in [6, 6.07) is 0. The van der Waals surface area contributed by atoms with Crippen LogP contribution >= 0.6 is 11.3 Å². The van der Waals surface area contributed by atoms with E-state index in [4.69, 9.17) is 10.5 Å². The van der Waals surface area contributed by atoms with Crippen molar-refractivity contribution in [1.29, 1.82) is 0 Å². The lowest BCUT2D eigenvalue weighted by molar-refractivity contribution is -0.140. The van der Waals surface area contributed by atoms with Gasteiger partial charge in [-0.15, -0.1) is 11.3 Å². The number of amides is 1. The number of carbonyl (C=O) groups excluding carboxylic acids is 1. The van der Waals surface area contributed by atoms with E-state index >= 15 is 0 Å². The SMILES string of the molecule is COCC[C@]1(O)CCN(C(=O)CCc2csc(N)n2)C[C@H]1C. The van der Waals surface area contributed by atoms with Gasteiger partial charge in [-0.2, -0.15) is 0 Å².